The molecule has 3 nitrogen and oxygen atoms in total. The van der Waals surface area contributed by atoms with Gasteiger partial charge in [0.25, 0.3) is 5.91 Å². The number of anilines is 1. The minimum atomic E-state index is -0.0896. The molecule has 0 saturated carbocycles. The molecule has 1 aliphatic rings. The molecule has 0 unspecified atom stereocenters. The monoisotopic (exact) mass is 669 g/mol. The van der Waals surface area contributed by atoms with Crippen LogP contribution >= 0.6 is 69.2 Å². The van der Waals surface area contributed by atoms with Crippen LogP contribution in [-0.2, 0) is 11.4 Å². The molecule has 1 aliphatic heterocycles. The lowest BCUT2D eigenvalue weighted by Gasteiger charge is -2.14. The van der Waals surface area contributed by atoms with Gasteiger partial charge in [0.15, 0.2) is 4.32 Å². The number of carbonyl (C=O) groups is 1. The normalized spacial score (nSPS) is 15.1. The summed E-state index contributed by atoms with van der Waals surface area (Å²) >= 11 is 11.4. The van der Waals surface area contributed by atoms with Crippen molar-refractivity contribution in [3.63, 3.8) is 0 Å². The van der Waals surface area contributed by atoms with Crippen molar-refractivity contribution in [1.29, 1.82) is 0 Å². The van der Waals surface area contributed by atoms with E-state index in [9.17, 15) is 4.79 Å². The summed E-state index contributed by atoms with van der Waals surface area (Å²) < 4.78 is 8.61. The lowest BCUT2D eigenvalue weighted by molar-refractivity contribution is -0.113. The van der Waals surface area contributed by atoms with E-state index in [4.69, 9.17) is 17.0 Å². The zero-order valence-electron chi connectivity index (χ0n) is 16.5. The van der Waals surface area contributed by atoms with Crippen LogP contribution in [0.4, 0.5) is 5.69 Å². The zero-order valence-corrected chi connectivity index (χ0v) is 22.4. The van der Waals surface area contributed by atoms with Gasteiger partial charge in [-0.25, -0.2) is 0 Å². The number of benzene rings is 3. The highest BCUT2D eigenvalue weighted by molar-refractivity contribution is 14.1. The van der Waals surface area contributed by atoms with E-state index in [0.29, 0.717) is 15.8 Å². The highest BCUT2D eigenvalue weighted by Crippen LogP contribution is 2.37. The first-order chi connectivity index (χ1) is 14.9. The first-order valence-electron chi connectivity index (χ1n) is 9.43. The Kier molecular flexibility index (Phi) is 7.35. The molecule has 3 aromatic carbocycles. The molecule has 0 radical (unpaired) electrons. The van der Waals surface area contributed by atoms with Crippen LogP contribution < -0.4 is 9.64 Å². The molecular weight excluding hydrogens is 652 g/mol. The lowest BCUT2D eigenvalue weighted by atomic mass is 10.2. The number of amides is 1. The highest BCUT2D eigenvalue weighted by atomic mass is 127. The molecule has 0 atom stereocenters. The number of thioether (sulfide) groups is 1. The average molecular weight is 669 g/mol. The summed E-state index contributed by atoms with van der Waals surface area (Å²) in [7, 11) is 0. The molecular formula is C24H17I2NO2S2. The number of aryl methyl sites for hydroxylation is 1. The minimum absolute atomic E-state index is 0.0896. The molecule has 3 aromatic rings. The van der Waals surface area contributed by atoms with Crippen molar-refractivity contribution in [2.24, 2.45) is 0 Å². The third-order valence-corrected chi connectivity index (χ3v) is 7.53. The summed E-state index contributed by atoms with van der Waals surface area (Å²) in [5, 5.41) is 0. The second-order valence-corrected chi connectivity index (χ2v) is 10.9. The van der Waals surface area contributed by atoms with E-state index in [-0.39, 0.29) is 5.91 Å². The predicted molar refractivity (Wildman–Crippen MR) is 149 cm³/mol. The van der Waals surface area contributed by atoms with Gasteiger partial charge in [-0.15, -0.1) is 0 Å². The van der Waals surface area contributed by atoms with Crippen molar-refractivity contribution in [2.75, 3.05) is 4.90 Å². The Bertz CT molecular complexity index is 1150. The molecule has 0 spiro atoms. The smallest absolute Gasteiger partial charge is 0.270 e. The highest BCUT2D eigenvalue weighted by Gasteiger charge is 2.33. The fourth-order valence-electron chi connectivity index (χ4n) is 3.07. The maximum absolute atomic E-state index is 13.0. The van der Waals surface area contributed by atoms with E-state index < -0.39 is 0 Å². The first kappa shape index (κ1) is 22.8. The summed E-state index contributed by atoms with van der Waals surface area (Å²) in [6.07, 6.45) is 1.90. The predicted octanol–water partition coefficient (Wildman–Crippen LogP) is 7.19. The Hall–Kier alpha value is -1.43. The number of nitrogens with zero attached hydrogens (tertiary/aromatic N) is 1. The largest absolute Gasteiger partial charge is 0.487 e. The molecule has 31 heavy (non-hydrogen) atoms. The van der Waals surface area contributed by atoms with Gasteiger partial charge < -0.3 is 4.74 Å². The lowest BCUT2D eigenvalue weighted by Crippen LogP contribution is -2.27. The van der Waals surface area contributed by atoms with E-state index in [2.05, 4.69) is 45.2 Å². The topological polar surface area (TPSA) is 29.5 Å². The molecule has 156 valence electrons. The van der Waals surface area contributed by atoms with E-state index in [1.807, 2.05) is 79.7 Å². The Morgan fingerprint density at radius 1 is 1.03 bits per heavy atom. The van der Waals surface area contributed by atoms with Gasteiger partial charge in [0.2, 0.25) is 0 Å². The number of halogens is 2. The SMILES string of the molecule is Cc1ccc(N2C(=O)/C(=C/c3cc(I)c(OCc4ccccc4)c(I)c3)SC2=S)cc1. The molecule has 1 fully saturated rings. The summed E-state index contributed by atoms with van der Waals surface area (Å²) in [4.78, 5) is 15.2. The number of ether oxygens (including phenoxy) is 1. The van der Waals surface area contributed by atoms with Crippen molar-refractivity contribution in [1.82, 2.24) is 0 Å². The van der Waals surface area contributed by atoms with Crippen molar-refractivity contribution in [2.45, 2.75) is 13.5 Å². The quantitative estimate of drug-likeness (QED) is 0.164. The Morgan fingerprint density at radius 3 is 2.32 bits per heavy atom. The van der Waals surface area contributed by atoms with Crippen LogP contribution in [0.15, 0.2) is 71.6 Å². The maximum Gasteiger partial charge on any atom is 0.270 e. The Morgan fingerprint density at radius 2 is 1.68 bits per heavy atom. The first-order valence-corrected chi connectivity index (χ1v) is 12.8. The number of rotatable bonds is 5. The minimum Gasteiger partial charge on any atom is -0.487 e. The fourth-order valence-corrected chi connectivity index (χ4v) is 6.49. The van der Waals surface area contributed by atoms with Crippen molar-refractivity contribution in [3.05, 3.63) is 95.5 Å². The van der Waals surface area contributed by atoms with Gasteiger partial charge in [-0.1, -0.05) is 72.0 Å². The molecule has 7 heteroatoms. The van der Waals surface area contributed by atoms with Gasteiger partial charge in [-0.3, -0.25) is 9.69 Å². The van der Waals surface area contributed by atoms with Crippen LogP contribution in [0, 0.1) is 14.1 Å². The number of hydrogen-bond donors (Lipinski definition) is 0. The van der Waals surface area contributed by atoms with Crippen molar-refractivity contribution >= 4 is 91.2 Å². The van der Waals surface area contributed by atoms with Gasteiger partial charge >= 0.3 is 0 Å². The van der Waals surface area contributed by atoms with Crippen LogP contribution in [0.5, 0.6) is 5.75 Å². The fraction of sp³-hybridized carbons (Fsp3) is 0.0833. The van der Waals surface area contributed by atoms with Crippen molar-refractivity contribution in [3.8, 4) is 5.75 Å². The number of hydrogen-bond acceptors (Lipinski definition) is 4. The third-order valence-electron chi connectivity index (χ3n) is 4.63. The van der Waals surface area contributed by atoms with Gasteiger partial charge in [-0.2, -0.15) is 0 Å². The van der Waals surface area contributed by atoms with Crippen LogP contribution in [0.25, 0.3) is 6.08 Å². The Labute approximate surface area is 218 Å². The van der Waals surface area contributed by atoms with Crippen LogP contribution in [0.1, 0.15) is 16.7 Å². The van der Waals surface area contributed by atoms with Crippen LogP contribution in [-0.4, -0.2) is 10.2 Å². The van der Waals surface area contributed by atoms with Gasteiger partial charge in [0.05, 0.1) is 17.7 Å². The Balaban J connectivity index is 1.55. The molecule has 1 amide bonds. The third kappa shape index (κ3) is 5.32. The molecule has 4 rings (SSSR count). The van der Waals surface area contributed by atoms with Crippen LogP contribution in [0.3, 0.4) is 0 Å². The molecule has 0 N–H and O–H groups in total. The number of carbonyl (C=O) groups excluding carboxylic acids is 1. The van der Waals surface area contributed by atoms with Crippen molar-refractivity contribution < 1.29 is 9.53 Å². The van der Waals surface area contributed by atoms with Crippen LogP contribution in [0.2, 0.25) is 0 Å². The molecule has 0 aliphatic carbocycles. The van der Waals surface area contributed by atoms with Gasteiger partial charge in [0, 0.05) is 0 Å². The molecule has 0 bridgehead atoms. The summed E-state index contributed by atoms with van der Waals surface area (Å²) in [6.45, 7) is 2.53. The summed E-state index contributed by atoms with van der Waals surface area (Å²) in [5.74, 6) is 0.766. The molecule has 1 saturated heterocycles. The molecule has 1 heterocycles. The zero-order chi connectivity index (χ0) is 22.0. The van der Waals surface area contributed by atoms with Gasteiger partial charge in [0.1, 0.15) is 12.4 Å². The second kappa shape index (κ2) is 10.0. The molecule has 0 aromatic heterocycles. The van der Waals surface area contributed by atoms with E-state index in [1.165, 1.54) is 11.8 Å². The van der Waals surface area contributed by atoms with E-state index in [1.54, 1.807) is 4.90 Å². The number of thiocarbonyl (C=S) groups is 1. The standard InChI is InChI=1S/C24H17I2NO2S2/c1-15-7-9-18(10-8-15)27-23(28)21(31-24(27)30)13-17-11-19(25)22(20(26)12-17)29-14-16-5-3-2-4-6-16/h2-13H,14H2,1H3/b21-13-. The van der Waals surface area contributed by atoms with Gasteiger partial charge in [-0.05, 0) is 93.6 Å². The van der Waals surface area contributed by atoms with E-state index in [0.717, 1.165) is 35.3 Å². The van der Waals surface area contributed by atoms with E-state index >= 15 is 0 Å². The summed E-state index contributed by atoms with van der Waals surface area (Å²) in [5.41, 5.74) is 4.01. The second-order valence-electron chi connectivity index (χ2n) is 6.94. The summed E-state index contributed by atoms with van der Waals surface area (Å²) in [6, 6.07) is 22.0. The maximum atomic E-state index is 13.0. The average Bonchev–Trinajstić information content (AvgIpc) is 3.02.